The largest absolute Gasteiger partial charge is 0.477 e. The Kier molecular flexibility index (Phi) is 4.46. The van der Waals surface area contributed by atoms with Gasteiger partial charge in [-0.15, -0.1) is 0 Å². The van der Waals surface area contributed by atoms with E-state index in [2.05, 4.69) is 30.8 Å². The Bertz CT molecular complexity index is 883. The number of aromatic nitrogens is 4. The summed E-state index contributed by atoms with van der Waals surface area (Å²) in [7, 11) is 0. The summed E-state index contributed by atoms with van der Waals surface area (Å²) in [6.45, 7) is 2.62. The summed E-state index contributed by atoms with van der Waals surface area (Å²) >= 11 is 0. The van der Waals surface area contributed by atoms with Crippen LogP contribution < -0.4 is 10.6 Å². The van der Waals surface area contributed by atoms with Gasteiger partial charge in [0.25, 0.3) is 0 Å². The van der Waals surface area contributed by atoms with Crippen LogP contribution in [0.4, 0.5) is 17.5 Å². The molecular formula is C16H16N6O2. The van der Waals surface area contributed by atoms with E-state index in [-0.39, 0.29) is 5.56 Å². The molecule has 3 N–H and O–H groups in total. The van der Waals surface area contributed by atoms with Gasteiger partial charge in [0.2, 0.25) is 5.95 Å². The molecule has 0 saturated carbocycles. The molecule has 0 bridgehead atoms. The maximum absolute atomic E-state index is 11.2. The number of anilines is 3. The monoisotopic (exact) mass is 324 g/mol. The fourth-order valence-electron chi connectivity index (χ4n) is 2.17. The van der Waals surface area contributed by atoms with Crippen molar-refractivity contribution in [2.75, 3.05) is 17.2 Å². The molecule has 0 amide bonds. The number of aromatic carboxylic acids is 1. The van der Waals surface area contributed by atoms with Crippen molar-refractivity contribution in [2.45, 2.75) is 13.3 Å². The maximum Gasteiger partial charge on any atom is 0.341 e. The van der Waals surface area contributed by atoms with Crippen LogP contribution in [-0.2, 0) is 0 Å². The van der Waals surface area contributed by atoms with Crippen LogP contribution in [0.15, 0.2) is 36.7 Å². The SMILES string of the molecule is CCCNc1nc(Nc2ccc3nnccc3c2)ncc1C(=O)O. The minimum absolute atomic E-state index is 0.0442. The molecule has 0 unspecified atom stereocenters. The maximum atomic E-state index is 11.2. The van der Waals surface area contributed by atoms with E-state index in [0.717, 1.165) is 23.0 Å². The zero-order chi connectivity index (χ0) is 16.9. The number of benzene rings is 1. The van der Waals surface area contributed by atoms with Crippen LogP contribution in [0, 0.1) is 0 Å². The van der Waals surface area contributed by atoms with E-state index in [1.165, 1.54) is 6.20 Å². The lowest BCUT2D eigenvalue weighted by Gasteiger charge is -2.10. The lowest BCUT2D eigenvalue weighted by atomic mass is 10.2. The third kappa shape index (κ3) is 3.37. The zero-order valence-corrected chi connectivity index (χ0v) is 13.0. The van der Waals surface area contributed by atoms with Crippen LogP contribution in [0.3, 0.4) is 0 Å². The second-order valence-corrected chi connectivity index (χ2v) is 5.12. The average molecular weight is 324 g/mol. The van der Waals surface area contributed by atoms with Crippen molar-refractivity contribution in [3.8, 4) is 0 Å². The van der Waals surface area contributed by atoms with Gasteiger partial charge in [0.15, 0.2) is 0 Å². The summed E-state index contributed by atoms with van der Waals surface area (Å²) in [6, 6.07) is 7.44. The molecule has 0 aliphatic carbocycles. The number of rotatable bonds is 6. The first-order chi connectivity index (χ1) is 11.7. The predicted octanol–water partition coefficient (Wildman–Crippen LogP) is 2.68. The van der Waals surface area contributed by atoms with E-state index in [4.69, 9.17) is 0 Å². The molecule has 1 aromatic carbocycles. The lowest BCUT2D eigenvalue weighted by molar-refractivity contribution is 0.0697. The van der Waals surface area contributed by atoms with E-state index >= 15 is 0 Å². The van der Waals surface area contributed by atoms with Crippen LogP contribution >= 0.6 is 0 Å². The normalized spacial score (nSPS) is 10.5. The molecule has 0 atom stereocenters. The second-order valence-electron chi connectivity index (χ2n) is 5.12. The van der Waals surface area contributed by atoms with Crippen molar-refractivity contribution in [1.82, 2.24) is 20.2 Å². The zero-order valence-electron chi connectivity index (χ0n) is 13.0. The van der Waals surface area contributed by atoms with Gasteiger partial charge in [-0.05, 0) is 30.7 Å². The van der Waals surface area contributed by atoms with Crippen molar-refractivity contribution >= 4 is 34.3 Å². The van der Waals surface area contributed by atoms with Crippen LogP contribution in [0.25, 0.3) is 10.9 Å². The van der Waals surface area contributed by atoms with Gasteiger partial charge in [0, 0.05) is 23.8 Å². The van der Waals surface area contributed by atoms with Crippen LogP contribution in [0.5, 0.6) is 0 Å². The minimum atomic E-state index is -1.07. The van der Waals surface area contributed by atoms with Crippen molar-refractivity contribution in [3.63, 3.8) is 0 Å². The van der Waals surface area contributed by atoms with E-state index in [9.17, 15) is 9.90 Å². The predicted molar refractivity (Wildman–Crippen MR) is 90.6 cm³/mol. The molecule has 2 heterocycles. The summed E-state index contributed by atoms with van der Waals surface area (Å²) in [6.07, 6.45) is 3.77. The lowest BCUT2D eigenvalue weighted by Crippen LogP contribution is -2.11. The Morgan fingerprint density at radius 1 is 1.29 bits per heavy atom. The Morgan fingerprint density at radius 2 is 2.17 bits per heavy atom. The van der Waals surface area contributed by atoms with E-state index in [1.54, 1.807) is 6.20 Å². The fraction of sp³-hybridized carbons (Fsp3) is 0.188. The quantitative estimate of drug-likeness (QED) is 0.634. The van der Waals surface area contributed by atoms with E-state index in [1.807, 2.05) is 31.2 Å². The molecule has 0 aliphatic rings. The highest BCUT2D eigenvalue weighted by Crippen LogP contribution is 2.21. The summed E-state index contributed by atoms with van der Waals surface area (Å²) in [5, 5.41) is 24.1. The molecule has 0 radical (unpaired) electrons. The first-order valence-electron chi connectivity index (χ1n) is 7.50. The standard InChI is InChI=1S/C16H16N6O2/c1-2-6-17-14-12(15(23)24)9-18-16(21-14)20-11-3-4-13-10(8-11)5-7-19-22-13/h3-5,7-9H,2,6H2,1H3,(H,23,24)(H2,17,18,20,21). The number of nitrogens with zero attached hydrogens (tertiary/aromatic N) is 4. The van der Waals surface area contributed by atoms with Gasteiger partial charge in [-0.1, -0.05) is 6.92 Å². The summed E-state index contributed by atoms with van der Waals surface area (Å²) < 4.78 is 0. The molecule has 2 aromatic heterocycles. The number of carboxylic acid groups (broad SMARTS) is 1. The number of nitrogens with one attached hydrogen (secondary N) is 2. The van der Waals surface area contributed by atoms with Crippen LogP contribution in [0.2, 0.25) is 0 Å². The highest BCUT2D eigenvalue weighted by Gasteiger charge is 2.13. The molecule has 0 spiro atoms. The van der Waals surface area contributed by atoms with Crippen molar-refractivity contribution in [2.24, 2.45) is 0 Å². The number of carbonyl (C=O) groups is 1. The second kappa shape index (κ2) is 6.86. The molecule has 0 saturated heterocycles. The number of carboxylic acids is 1. The Balaban J connectivity index is 1.89. The summed E-state index contributed by atoms with van der Waals surface area (Å²) in [5.74, 6) is -0.446. The van der Waals surface area contributed by atoms with E-state index in [0.29, 0.717) is 18.3 Å². The first-order valence-corrected chi connectivity index (χ1v) is 7.50. The van der Waals surface area contributed by atoms with Crippen LogP contribution in [-0.4, -0.2) is 37.8 Å². The van der Waals surface area contributed by atoms with Crippen LogP contribution in [0.1, 0.15) is 23.7 Å². The Hall–Kier alpha value is -3.29. The average Bonchev–Trinajstić information content (AvgIpc) is 2.59. The first kappa shape index (κ1) is 15.6. The molecular weight excluding hydrogens is 308 g/mol. The molecule has 0 aliphatic heterocycles. The highest BCUT2D eigenvalue weighted by molar-refractivity contribution is 5.93. The molecule has 8 nitrogen and oxygen atoms in total. The van der Waals surface area contributed by atoms with Gasteiger partial charge in [-0.3, -0.25) is 0 Å². The van der Waals surface area contributed by atoms with Crippen molar-refractivity contribution in [3.05, 3.63) is 42.2 Å². The summed E-state index contributed by atoms with van der Waals surface area (Å²) in [5.41, 5.74) is 1.61. The number of fused-ring (bicyclic) bond motifs is 1. The van der Waals surface area contributed by atoms with Crippen molar-refractivity contribution < 1.29 is 9.90 Å². The Morgan fingerprint density at radius 3 is 2.96 bits per heavy atom. The van der Waals surface area contributed by atoms with Gasteiger partial charge >= 0.3 is 5.97 Å². The number of hydrogen-bond donors (Lipinski definition) is 3. The molecule has 122 valence electrons. The molecule has 0 fully saturated rings. The fourth-order valence-corrected chi connectivity index (χ4v) is 2.17. The molecule has 8 heteroatoms. The van der Waals surface area contributed by atoms with Gasteiger partial charge in [-0.2, -0.15) is 15.2 Å². The third-order valence-corrected chi connectivity index (χ3v) is 3.33. The van der Waals surface area contributed by atoms with Gasteiger partial charge in [0.1, 0.15) is 11.4 Å². The van der Waals surface area contributed by atoms with E-state index < -0.39 is 5.97 Å². The van der Waals surface area contributed by atoms with Gasteiger partial charge in [0.05, 0.1) is 11.7 Å². The molecule has 3 rings (SSSR count). The highest BCUT2D eigenvalue weighted by atomic mass is 16.4. The summed E-state index contributed by atoms with van der Waals surface area (Å²) in [4.78, 5) is 19.6. The van der Waals surface area contributed by atoms with Crippen molar-refractivity contribution in [1.29, 1.82) is 0 Å². The molecule has 3 aromatic rings. The number of hydrogen-bond acceptors (Lipinski definition) is 7. The topological polar surface area (TPSA) is 113 Å². The Labute approximate surface area is 138 Å². The molecule has 24 heavy (non-hydrogen) atoms. The minimum Gasteiger partial charge on any atom is -0.477 e. The van der Waals surface area contributed by atoms with Gasteiger partial charge in [-0.25, -0.2) is 9.78 Å². The van der Waals surface area contributed by atoms with Gasteiger partial charge < -0.3 is 15.7 Å². The smallest absolute Gasteiger partial charge is 0.341 e. The third-order valence-electron chi connectivity index (χ3n) is 3.33.